The second kappa shape index (κ2) is 7.73. The molecule has 0 aliphatic carbocycles. The van der Waals surface area contributed by atoms with Crippen molar-refractivity contribution in [1.29, 1.82) is 0 Å². The smallest absolute Gasteiger partial charge is 0.224 e. The first-order valence-corrected chi connectivity index (χ1v) is 6.77. The third-order valence-electron chi connectivity index (χ3n) is 3.45. The van der Waals surface area contributed by atoms with Gasteiger partial charge in [-0.15, -0.1) is 12.4 Å². The molecule has 1 fully saturated rings. The van der Waals surface area contributed by atoms with Crippen LogP contribution in [0.2, 0.25) is 5.02 Å². The van der Waals surface area contributed by atoms with Crippen molar-refractivity contribution in [3.63, 3.8) is 0 Å². The van der Waals surface area contributed by atoms with E-state index in [1.54, 1.807) is 0 Å². The third kappa shape index (κ3) is 5.01. The molecule has 2 N–H and O–H groups in total. The second-order valence-electron chi connectivity index (χ2n) is 4.95. The fraction of sp³-hybridized carbons (Fsp3) is 0.500. The highest BCUT2D eigenvalue weighted by atomic mass is 35.5. The molecule has 2 rings (SSSR count). The van der Waals surface area contributed by atoms with Crippen LogP contribution in [0.3, 0.4) is 0 Å². The van der Waals surface area contributed by atoms with E-state index < -0.39 is 0 Å². The molecule has 1 aromatic rings. The Hall–Kier alpha value is -0.770. The molecule has 1 saturated heterocycles. The zero-order valence-electron chi connectivity index (χ0n) is 11.0. The molecule has 0 radical (unpaired) electrons. The van der Waals surface area contributed by atoms with Gasteiger partial charge in [-0.3, -0.25) is 4.79 Å². The highest BCUT2D eigenvalue weighted by Gasteiger charge is 2.22. The molecule has 5 heteroatoms. The number of halogens is 2. The Morgan fingerprint density at radius 2 is 2.11 bits per heavy atom. The minimum absolute atomic E-state index is 0. The van der Waals surface area contributed by atoms with E-state index in [1.165, 1.54) is 0 Å². The van der Waals surface area contributed by atoms with E-state index >= 15 is 0 Å². The lowest BCUT2D eigenvalue weighted by molar-refractivity contribution is -0.121. The van der Waals surface area contributed by atoms with Crippen molar-refractivity contribution in [3.05, 3.63) is 34.9 Å². The lowest BCUT2D eigenvalue weighted by Gasteiger charge is -2.30. The Balaban J connectivity index is 0.00000180. The van der Waals surface area contributed by atoms with Crippen LogP contribution in [0.25, 0.3) is 0 Å². The molecule has 0 bridgehead atoms. The highest BCUT2D eigenvalue weighted by molar-refractivity contribution is 6.30. The minimum Gasteiger partial charge on any atom is -0.352 e. The predicted molar refractivity (Wildman–Crippen MR) is 81.0 cm³/mol. The van der Waals surface area contributed by atoms with E-state index in [4.69, 9.17) is 11.6 Å². The summed E-state index contributed by atoms with van der Waals surface area (Å²) in [6.07, 6.45) is 1.53. The van der Waals surface area contributed by atoms with Crippen molar-refractivity contribution in [2.24, 2.45) is 5.92 Å². The van der Waals surface area contributed by atoms with Crippen molar-refractivity contribution in [1.82, 2.24) is 10.6 Å². The molecular formula is C14H20Cl2N2O. The van der Waals surface area contributed by atoms with Crippen molar-refractivity contribution >= 4 is 29.9 Å². The lowest BCUT2D eigenvalue weighted by Crippen LogP contribution is -2.50. The maximum atomic E-state index is 11.9. The third-order valence-corrected chi connectivity index (χ3v) is 3.70. The number of rotatable bonds is 3. The molecular weight excluding hydrogens is 283 g/mol. The number of hydrogen-bond donors (Lipinski definition) is 2. The molecule has 0 spiro atoms. The summed E-state index contributed by atoms with van der Waals surface area (Å²) in [7, 11) is 0. The summed E-state index contributed by atoms with van der Waals surface area (Å²) < 4.78 is 0. The molecule has 1 aliphatic rings. The first-order valence-electron chi connectivity index (χ1n) is 6.39. The van der Waals surface area contributed by atoms with Gasteiger partial charge >= 0.3 is 0 Å². The lowest BCUT2D eigenvalue weighted by atomic mass is 9.94. The summed E-state index contributed by atoms with van der Waals surface area (Å²) in [5.74, 6) is 0.623. The first kappa shape index (κ1) is 16.3. The van der Waals surface area contributed by atoms with Crippen molar-refractivity contribution in [2.75, 3.05) is 13.1 Å². The quantitative estimate of drug-likeness (QED) is 0.900. The second-order valence-corrected chi connectivity index (χ2v) is 5.38. The molecule has 19 heavy (non-hydrogen) atoms. The van der Waals surface area contributed by atoms with Gasteiger partial charge in [-0.05, 0) is 36.6 Å². The summed E-state index contributed by atoms with van der Waals surface area (Å²) in [6.45, 7) is 4.10. The first-order chi connectivity index (χ1) is 8.65. The summed E-state index contributed by atoms with van der Waals surface area (Å²) >= 11 is 5.81. The standard InChI is InChI=1S/C14H19ClN2O.ClH/c1-10-6-7-16-9-13(10)17-14(18)8-11-2-4-12(15)5-3-11;/h2-5,10,13,16H,6-9H2,1H3,(H,17,18);1H. The number of piperidine rings is 1. The molecule has 0 saturated carbocycles. The molecule has 1 aliphatic heterocycles. The Labute approximate surface area is 125 Å². The number of benzene rings is 1. The summed E-state index contributed by atoms with van der Waals surface area (Å²) in [5.41, 5.74) is 0.994. The van der Waals surface area contributed by atoms with Crippen molar-refractivity contribution in [3.8, 4) is 0 Å². The normalized spacial score (nSPS) is 22.4. The zero-order valence-corrected chi connectivity index (χ0v) is 12.6. The number of amides is 1. The van der Waals surface area contributed by atoms with Gasteiger partial charge in [0.1, 0.15) is 0 Å². The Morgan fingerprint density at radius 1 is 1.42 bits per heavy atom. The van der Waals surface area contributed by atoms with Crippen molar-refractivity contribution < 1.29 is 4.79 Å². The van der Waals surface area contributed by atoms with Gasteiger partial charge in [0.2, 0.25) is 5.91 Å². The number of hydrogen-bond acceptors (Lipinski definition) is 2. The van der Waals surface area contributed by atoms with Crippen LogP contribution in [0, 0.1) is 5.92 Å². The fourth-order valence-electron chi connectivity index (χ4n) is 2.23. The van der Waals surface area contributed by atoms with E-state index in [9.17, 15) is 4.79 Å². The molecule has 1 heterocycles. The predicted octanol–water partition coefficient (Wildman–Crippen LogP) is 2.42. The Kier molecular flexibility index (Phi) is 6.63. The molecule has 0 aromatic heterocycles. The van der Waals surface area contributed by atoms with Gasteiger partial charge in [-0.1, -0.05) is 30.7 Å². The summed E-state index contributed by atoms with van der Waals surface area (Å²) in [4.78, 5) is 11.9. The summed E-state index contributed by atoms with van der Waals surface area (Å²) in [6, 6.07) is 7.66. The van der Waals surface area contributed by atoms with Crippen LogP contribution < -0.4 is 10.6 Å². The number of carbonyl (C=O) groups excluding carboxylic acids is 1. The SMILES string of the molecule is CC1CCNCC1NC(=O)Cc1ccc(Cl)cc1.Cl. The molecule has 106 valence electrons. The number of carbonyl (C=O) groups is 1. The molecule has 2 atom stereocenters. The molecule has 2 unspecified atom stereocenters. The van der Waals surface area contributed by atoms with Crippen LogP contribution in [0.1, 0.15) is 18.9 Å². The van der Waals surface area contributed by atoms with Crippen LogP contribution in [-0.2, 0) is 11.2 Å². The van der Waals surface area contributed by atoms with Crippen LogP contribution in [0.4, 0.5) is 0 Å². The Bertz CT molecular complexity index is 408. The molecule has 1 amide bonds. The molecule has 1 aromatic carbocycles. The van der Waals surface area contributed by atoms with Gasteiger partial charge in [-0.2, -0.15) is 0 Å². The van der Waals surface area contributed by atoms with E-state index in [0.29, 0.717) is 17.4 Å². The zero-order chi connectivity index (χ0) is 13.0. The van der Waals surface area contributed by atoms with Gasteiger partial charge in [0.15, 0.2) is 0 Å². The van der Waals surface area contributed by atoms with Gasteiger partial charge in [0.25, 0.3) is 0 Å². The minimum atomic E-state index is 0. The highest BCUT2D eigenvalue weighted by Crippen LogP contribution is 2.12. The maximum absolute atomic E-state index is 11.9. The van der Waals surface area contributed by atoms with Crippen LogP contribution >= 0.6 is 24.0 Å². The van der Waals surface area contributed by atoms with E-state index in [1.807, 2.05) is 24.3 Å². The van der Waals surface area contributed by atoms with Gasteiger partial charge in [-0.25, -0.2) is 0 Å². The van der Waals surface area contributed by atoms with Gasteiger partial charge < -0.3 is 10.6 Å². The van der Waals surface area contributed by atoms with E-state index in [2.05, 4.69) is 17.6 Å². The topological polar surface area (TPSA) is 41.1 Å². The summed E-state index contributed by atoms with van der Waals surface area (Å²) in [5, 5.41) is 7.11. The van der Waals surface area contributed by atoms with Crippen LogP contribution in [-0.4, -0.2) is 25.0 Å². The fourth-order valence-corrected chi connectivity index (χ4v) is 2.35. The van der Waals surface area contributed by atoms with Crippen LogP contribution in [0.5, 0.6) is 0 Å². The van der Waals surface area contributed by atoms with Crippen molar-refractivity contribution in [2.45, 2.75) is 25.8 Å². The molecule has 3 nitrogen and oxygen atoms in total. The van der Waals surface area contributed by atoms with Gasteiger partial charge in [0.05, 0.1) is 6.42 Å². The number of nitrogens with one attached hydrogen (secondary N) is 2. The van der Waals surface area contributed by atoms with Gasteiger partial charge in [0, 0.05) is 17.6 Å². The van der Waals surface area contributed by atoms with E-state index in [0.717, 1.165) is 25.1 Å². The van der Waals surface area contributed by atoms with Crippen LogP contribution in [0.15, 0.2) is 24.3 Å². The maximum Gasteiger partial charge on any atom is 0.224 e. The van der Waals surface area contributed by atoms with E-state index in [-0.39, 0.29) is 24.4 Å². The average molecular weight is 303 g/mol. The average Bonchev–Trinajstić information content (AvgIpc) is 2.35. The Morgan fingerprint density at radius 3 is 2.74 bits per heavy atom. The monoisotopic (exact) mass is 302 g/mol. The largest absolute Gasteiger partial charge is 0.352 e.